The van der Waals surface area contributed by atoms with Crippen LogP contribution in [0.4, 0.5) is 0 Å². The van der Waals surface area contributed by atoms with E-state index in [4.69, 9.17) is 4.74 Å². The van der Waals surface area contributed by atoms with Gasteiger partial charge in [-0.3, -0.25) is 4.79 Å². The number of aromatic hydroxyl groups is 2. The topological polar surface area (TPSA) is 117 Å². The highest BCUT2D eigenvalue weighted by molar-refractivity contribution is 5.96. The number of hydrogen-bond donors (Lipinski definition) is 3. The molecule has 0 saturated heterocycles. The first-order chi connectivity index (χ1) is 13.0. The molecule has 3 N–H and O–H groups in total. The monoisotopic (exact) mass is 372 g/mol. The molecule has 0 aliphatic heterocycles. The average Bonchev–Trinajstić information content (AvgIpc) is 2.70. The first kappa shape index (κ1) is 18.9. The fourth-order valence-electron chi connectivity index (χ4n) is 3.38. The number of pyridine rings is 1. The average molecular weight is 372 g/mol. The summed E-state index contributed by atoms with van der Waals surface area (Å²) in [5, 5.41) is 22.9. The van der Waals surface area contributed by atoms with Gasteiger partial charge in [-0.25, -0.2) is 9.97 Å². The first-order valence-electron chi connectivity index (χ1n) is 9.11. The number of nitrogens with one attached hydrogen (secondary N) is 1. The van der Waals surface area contributed by atoms with Gasteiger partial charge in [0.15, 0.2) is 11.5 Å². The van der Waals surface area contributed by atoms with Gasteiger partial charge in [0.2, 0.25) is 5.75 Å². The molecular formula is C19H24N4O4. The molecule has 8 heteroatoms. The van der Waals surface area contributed by atoms with E-state index in [0.717, 1.165) is 25.7 Å². The van der Waals surface area contributed by atoms with Crippen LogP contribution in [-0.4, -0.2) is 44.2 Å². The number of carbonyl (C=O) groups excluding carboxylic acids is 1. The van der Waals surface area contributed by atoms with E-state index in [1.165, 1.54) is 19.7 Å². The number of carbonyl (C=O) groups is 1. The van der Waals surface area contributed by atoms with Crippen LogP contribution in [0.5, 0.6) is 17.4 Å². The lowest BCUT2D eigenvalue weighted by atomic mass is 9.84. The van der Waals surface area contributed by atoms with Gasteiger partial charge >= 0.3 is 0 Å². The predicted octanol–water partition coefficient (Wildman–Crippen LogP) is 2.66. The Labute approximate surface area is 157 Å². The zero-order valence-corrected chi connectivity index (χ0v) is 15.5. The van der Waals surface area contributed by atoms with Crippen molar-refractivity contribution in [2.75, 3.05) is 7.11 Å². The van der Waals surface area contributed by atoms with Gasteiger partial charge in [-0.05, 0) is 37.8 Å². The van der Waals surface area contributed by atoms with E-state index < -0.39 is 17.5 Å². The SMILES string of the molecule is COc1ccc(-c2nc(O)c(O)c(C(=O)NC(C)C3CCCCC3)n2)nc1. The summed E-state index contributed by atoms with van der Waals surface area (Å²) < 4.78 is 5.05. The molecule has 2 heterocycles. The smallest absolute Gasteiger partial charge is 0.274 e. The lowest BCUT2D eigenvalue weighted by Crippen LogP contribution is -2.39. The standard InChI is InChI=1S/C19H24N4O4/c1-11(12-6-4-3-5-7-12)21-18(25)15-16(24)19(26)23-17(22-15)14-9-8-13(27-2)10-20-14/h8-12,24H,3-7H2,1-2H3,(H,21,25)(H,22,23,26). The second-order valence-electron chi connectivity index (χ2n) is 6.81. The molecule has 2 aromatic heterocycles. The summed E-state index contributed by atoms with van der Waals surface area (Å²) in [7, 11) is 1.52. The zero-order valence-electron chi connectivity index (χ0n) is 15.5. The van der Waals surface area contributed by atoms with Gasteiger partial charge in [0, 0.05) is 6.04 Å². The molecule has 2 aromatic rings. The van der Waals surface area contributed by atoms with E-state index in [2.05, 4.69) is 20.3 Å². The van der Waals surface area contributed by atoms with Crippen LogP contribution >= 0.6 is 0 Å². The third kappa shape index (κ3) is 4.27. The van der Waals surface area contributed by atoms with Gasteiger partial charge in [0.05, 0.1) is 13.3 Å². The summed E-state index contributed by atoms with van der Waals surface area (Å²) >= 11 is 0. The van der Waals surface area contributed by atoms with E-state index >= 15 is 0 Å². The largest absolute Gasteiger partial charge is 0.501 e. The Balaban J connectivity index is 1.83. The molecular weight excluding hydrogens is 348 g/mol. The molecule has 8 nitrogen and oxygen atoms in total. The molecule has 1 unspecified atom stereocenters. The summed E-state index contributed by atoms with van der Waals surface area (Å²) in [5.74, 6) is -0.834. The number of nitrogens with zero attached hydrogens (tertiary/aromatic N) is 3. The molecule has 0 bridgehead atoms. The minimum absolute atomic E-state index is 0.0446. The van der Waals surface area contributed by atoms with E-state index in [1.54, 1.807) is 12.1 Å². The molecule has 1 fully saturated rings. The van der Waals surface area contributed by atoms with Crippen LogP contribution in [-0.2, 0) is 0 Å². The Hall–Kier alpha value is -2.90. The molecule has 0 radical (unpaired) electrons. The number of methoxy groups -OCH3 is 1. The molecule has 3 rings (SSSR count). The van der Waals surface area contributed by atoms with Crippen LogP contribution in [0.3, 0.4) is 0 Å². The maximum Gasteiger partial charge on any atom is 0.274 e. The van der Waals surface area contributed by atoms with Crippen molar-refractivity contribution in [3.8, 4) is 28.9 Å². The van der Waals surface area contributed by atoms with Gasteiger partial charge in [0.1, 0.15) is 11.4 Å². The highest BCUT2D eigenvalue weighted by Gasteiger charge is 2.25. The fraction of sp³-hybridized carbons (Fsp3) is 0.474. The molecule has 1 saturated carbocycles. The van der Waals surface area contributed by atoms with Crippen molar-refractivity contribution in [3.05, 3.63) is 24.0 Å². The third-order valence-electron chi connectivity index (χ3n) is 5.00. The second kappa shape index (κ2) is 8.20. The fourth-order valence-corrected chi connectivity index (χ4v) is 3.38. The van der Waals surface area contributed by atoms with E-state index in [1.807, 2.05) is 6.92 Å². The minimum atomic E-state index is -0.659. The van der Waals surface area contributed by atoms with Gasteiger partial charge in [-0.15, -0.1) is 0 Å². The molecule has 27 heavy (non-hydrogen) atoms. The highest BCUT2D eigenvalue weighted by Crippen LogP contribution is 2.30. The van der Waals surface area contributed by atoms with Crippen molar-refractivity contribution in [1.82, 2.24) is 20.3 Å². The van der Waals surface area contributed by atoms with Crippen LogP contribution in [0, 0.1) is 5.92 Å². The highest BCUT2D eigenvalue weighted by atomic mass is 16.5. The Morgan fingerprint density at radius 1 is 1.22 bits per heavy atom. The lowest BCUT2D eigenvalue weighted by Gasteiger charge is -2.28. The maximum absolute atomic E-state index is 12.6. The second-order valence-corrected chi connectivity index (χ2v) is 6.81. The number of aromatic nitrogens is 3. The lowest BCUT2D eigenvalue weighted by molar-refractivity contribution is 0.0910. The van der Waals surface area contributed by atoms with Gasteiger partial charge in [-0.2, -0.15) is 4.98 Å². The number of amides is 1. The van der Waals surface area contributed by atoms with E-state index in [9.17, 15) is 15.0 Å². The van der Waals surface area contributed by atoms with Crippen molar-refractivity contribution in [2.24, 2.45) is 5.92 Å². The van der Waals surface area contributed by atoms with Gasteiger partial charge < -0.3 is 20.3 Å². The molecule has 0 spiro atoms. The minimum Gasteiger partial charge on any atom is -0.501 e. The Bertz CT molecular complexity index is 804. The molecule has 1 amide bonds. The molecule has 144 valence electrons. The molecule has 1 aliphatic rings. The van der Waals surface area contributed by atoms with Crippen LogP contribution in [0.25, 0.3) is 11.5 Å². The Morgan fingerprint density at radius 2 is 1.96 bits per heavy atom. The summed E-state index contributed by atoms with van der Waals surface area (Å²) in [6.07, 6.45) is 7.19. The van der Waals surface area contributed by atoms with Crippen molar-refractivity contribution < 1.29 is 19.7 Å². The van der Waals surface area contributed by atoms with Crippen molar-refractivity contribution in [3.63, 3.8) is 0 Å². The third-order valence-corrected chi connectivity index (χ3v) is 5.00. The Kier molecular flexibility index (Phi) is 5.73. The first-order valence-corrected chi connectivity index (χ1v) is 9.11. The van der Waals surface area contributed by atoms with Gasteiger partial charge in [-0.1, -0.05) is 19.3 Å². The predicted molar refractivity (Wildman–Crippen MR) is 98.6 cm³/mol. The van der Waals surface area contributed by atoms with Crippen LogP contribution in [0.15, 0.2) is 18.3 Å². The van der Waals surface area contributed by atoms with Crippen LogP contribution in [0.2, 0.25) is 0 Å². The zero-order chi connectivity index (χ0) is 19.4. The number of rotatable bonds is 5. The molecule has 0 aromatic carbocycles. The summed E-state index contributed by atoms with van der Waals surface area (Å²) in [5.41, 5.74) is 0.0817. The summed E-state index contributed by atoms with van der Waals surface area (Å²) in [4.78, 5) is 24.7. The van der Waals surface area contributed by atoms with Crippen molar-refractivity contribution in [1.29, 1.82) is 0 Å². The van der Waals surface area contributed by atoms with Crippen LogP contribution in [0.1, 0.15) is 49.5 Å². The van der Waals surface area contributed by atoms with E-state index in [0.29, 0.717) is 17.4 Å². The molecule has 1 atom stereocenters. The van der Waals surface area contributed by atoms with Gasteiger partial charge in [0.25, 0.3) is 11.8 Å². The van der Waals surface area contributed by atoms with Crippen molar-refractivity contribution in [2.45, 2.75) is 45.1 Å². The summed E-state index contributed by atoms with van der Waals surface area (Å²) in [6, 6.07) is 3.23. The van der Waals surface area contributed by atoms with Crippen molar-refractivity contribution >= 4 is 5.91 Å². The summed E-state index contributed by atoms with van der Waals surface area (Å²) in [6.45, 7) is 1.96. The maximum atomic E-state index is 12.6. The van der Waals surface area contributed by atoms with Crippen LogP contribution < -0.4 is 10.1 Å². The Morgan fingerprint density at radius 3 is 2.59 bits per heavy atom. The quantitative estimate of drug-likeness (QED) is 0.738. The van der Waals surface area contributed by atoms with E-state index in [-0.39, 0.29) is 17.6 Å². The number of hydrogen-bond acceptors (Lipinski definition) is 7. The normalized spacial score (nSPS) is 15.9. The molecule has 1 aliphatic carbocycles. The number of ether oxygens (including phenoxy) is 1.